The minimum absolute atomic E-state index is 0.00123. The second kappa shape index (κ2) is 7.46. The Kier molecular flexibility index (Phi) is 4.89. The van der Waals surface area contributed by atoms with Crippen LogP contribution in [0.3, 0.4) is 0 Å². The van der Waals surface area contributed by atoms with Crippen LogP contribution in [0.1, 0.15) is 36.0 Å². The van der Waals surface area contributed by atoms with E-state index in [-0.39, 0.29) is 24.0 Å². The van der Waals surface area contributed by atoms with Crippen molar-refractivity contribution in [2.24, 2.45) is 0 Å². The van der Waals surface area contributed by atoms with Gasteiger partial charge in [0.1, 0.15) is 6.10 Å². The number of carbonyl (C=O) groups excluding carboxylic acids is 2. The van der Waals surface area contributed by atoms with Crippen LogP contribution in [0, 0.1) is 0 Å². The molecule has 0 radical (unpaired) electrons. The first-order valence-electron chi connectivity index (χ1n) is 9.41. The smallest absolute Gasteiger partial charge is 0.254 e. The second-order valence-electron chi connectivity index (χ2n) is 7.10. The van der Waals surface area contributed by atoms with Crippen LogP contribution < -0.4 is 5.32 Å². The maximum Gasteiger partial charge on any atom is 0.254 e. The van der Waals surface area contributed by atoms with E-state index in [1.807, 2.05) is 47.4 Å². The Labute approximate surface area is 153 Å². The van der Waals surface area contributed by atoms with E-state index < -0.39 is 0 Å². The first kappa shape index (κ1) is 17.0. The zero-order valence-electron chi connectivity index (χ0n) is 14.8. The average Bonchev–Trinajstić information content (AvgIpc) is 3.23. The van der Waals surface area contributed by atoms with Crippen molar-refractivity contribution < 1.29 is 14.3 Å². The van der Waals surface area contributed by atoms with Crippen molar-refractivity contribution in [1.82, 2.24) is 10.2 Å². The minimum atomic E-state index is -0.287. The van der Waals surface area contributed by atoms with E-state index in [9.17, 15) is 9.59 Å². The fourth-order valence-corrected chi connectivity index (χ4v) is 3.89. The summed E-state index contributed by atoms with van der Waals surface area (Å²) in [7, 11) is 0. The number of amides is 2. The van der Waals surface area contributed by atoms with Gasteiger partial charge in [0, 0.05) is 31.3 Å². The van der Waals surface area contributed by atoms with E-state index in [0.29, 0.717) is 19.7 Å². The molecular weight excluding hydrogens is 328 g/mol. The monoisotopic (exact) mass is 352 g/mol. The highest BCUT2D eigenvalue weighted by molar-refractivity contribution is 6.07. The summed E-state index contributed by atoms with van der Waals surface area (Å²) in [6.07, 6.45) is 3.05. The van der Waals surface area contributed by atoms with Gasteiger partial charge in [0.15, 0.2) is 0 Å². The number of ether oxygens (including phenoxy) is 1. The lowest BCUT2D eigenvalue weighted by molar-refractivity contribution is -0.131. The topological polar surface area (TPSA) is 58.6 Å². The van der Waals surface area contributed by atoms with Crippen molar-refractivity contribution in [3.8, 4) is 0 Å². The predicted octanol–water partition coefficient (Wildman–Crippen LogP) is 2.74. The van der Waals surface area contributed by atoms with Gasteiger partial charge in [0.25, 0.3) is 5.91 Å². The Morgan fingerprint density at radius 1 is 1.00 bits per heavy atom. The van der Waals surface area contributed by atoms with Gasteiger partial charge >= 0.3 is 0 Å². The van der Waals surface area contributed by atoms with Crippen LogP contribution in [-0.4, -0.2) is 48.6 Å². The molecule has 2 saturated heterocycles. The molecule has 0 aliphatic carbocycles. The van der Waals surface area contributed by atoms with Gasteiger partial charge < -0.3 is 15.0 Å². The van der Waals surface area contributed by atoms with Crippen molar-refractivity contribution in [2.45, 2.75) is 37.8 Å². The molecule has 0 spiro atoms. The lowest BCUT2D eigenvalue weighted by atomic mass is 10.0. The molecule has 2 aromatic carbocycles. The highest BCUT2D eigenvalue weighted by Gasteiger charge is 2.29. The fraction of sp³-hybridized carbons (Fsp3) is 0.429. The molecule has 2 amide bonds. The third-order valence-electron chi connectivity index (χ3n) is 5.37. The highest BCUT2D eigenvalue weighted by Crippen LogP contribution is 2.22. The van der Waals surface area contributed by atoms with Crippen molar-refractivity contribution in [1.29, 1.82) is 0 Å². The van der Waals surface area contributed by atoms with Crippen LogP contribution in [0.4, 0.5) is 0 Å². The van der Waals surface area contributed by atoms with Gasteiger partial charge in [-0.1, -0.05) is 36.4 Å². The summed E-state index contributed by atoms with van der Waals surface area (Å²) in [5.74, 6) is 0.0760. The minimum Gasteiger partial charge on any atom is -0.368 e. The number of piperidine rings is 1. The highest BCUT2D eigenvalue weighted by atomic mass is 16.5. The molecule has 26 heavy (non-hydrogen) atoms. The third kappa shape index (κ3) is 3.44. The molecule has 5 heteroatoms. The van der Waals surface area contributed by atoms with Gasteiger partial charge in [0.2, 0.25) is 5.91 Å². The van der Waals surface area contributed by atoms with E-state index >= 15 is 0 Å². The number of fused-ring (bicyclic) bond motifs is 1. The molecule has 1 atom stereocenters. The van der Waals surface area contributed by atoms with Crippen LogP contribution in [0.25, 0.3) is 10.8 Å². The Morgan fingerprint density at radius 2 is 1.77 bits per heavy atom. The van der Waals surface area contributed by atoms with Crippen LogP contribution in [0.2, 0.25) is 0 Å². The molecule has 0 bridgehead atoms. The van der Waals surface area contributed by atoms with E-state index in [1.54, 1.807) is 0 Å². The zero-order chi connectivity index (χ0) is 17.9. The van der Waals surface area contributed by atoms with Gasteiger partial charge in [0.05, 0.1) is 0 Å². The Hall–Kier alpha value is -2.40. The van der Waals surface area contributed by atoms with Crippen molar-refractivity contribution in [2.75, 3.05) is 19.7 Å². The zero-order valence-corrected chi connectivity index (χ0v) is 14.8. The summed E-state index contributed by atoms with van der Waals surface area (Å²) in [5, 5.41) is 5.16. The van der Waals surface area contributed by atoms with Crippen LogP contribution in [0.15, 0.2) is 42.5 Å². The van der Waals surface area contributed by atoms with Gasteiger partial charge in [-0.15, -0.1) is 0 Å². The molecule has 2 heterocycles. The predicted molar refractivity (Wildman–Crippen MR) is 100.0 cm³/mol. The Morgan fingerprint density at radius 3 is 2.54 bits per heavy atom. The maximum absolute atomic E-state index is 13.0. The maximum atomic E-state index is 13.0. The molecule has 4 rings (SSSR count). The third-order valence-corrected chi connectivity index (χ3v) is 5.37. The summed E-state index contributed by atoms with van der Waals surface area (Å²) >= 11 is 0. The Bertz CT molecular complexity index is 801. The van der Waals surface area contributed by atoms with Crippen LogP contribution >= 0.6 is 0 Å². The van der Waals surface area contributed by atoms with Crippen molar-refractivity contribution >= 4 is 22.6 Å². The summed E-state index contributed by atoms with van der Waals surface area (Å²) in [6, 6.07) is 14.0. The number of carbonyl (C=O) groups is 2. The van der Waals surface area contributed by atoms with Gasteiger partial charge in [-0.3, -0.25) is 9.59 Å². The largest absolute Gasteiger partial charge is 0.368 e. The summed E-state index contributed by atoms with van der Waals surface area (Å²) in [6.45, 7) is 2.01. The summed E-state index contributed by atoms with van der Waals surface area (Å²) in [4.78, 5) is 27.0. The van der Waals surface area contributed by atoms with Crippen LogP contribution in [0.5, 0.6) is 0 Å². The average molecular weight is 352 g/mol. The first-order chi connectivity index (χ1) is 12.7. The van der Waals surface area contributed by atoms with Crippen molar-refractivity contribution in [3.63, 3.8) is 0 Å². The first-order valence-corrected chi connectivity index (χ1v) is 9.41. The number of rotatable bonds is 3. The lowest BCUT2D eigenvalue weighted by Gasteiger charge is -2.33. The number of likely N-dealkylation sites (tertiary alicyclic amines) is 1. The van der Waals surface area contributed by atoms with Gasteiger partial charge in [-0.25, -0.2) is 0 Å². The molecule has 2 fully saturated rings. The lowest BCUT2D eigenvalue weighted by Crippen LogP contribution is -2.48. The number of hydrogen-bond acceptors (Lipinski definition) is 3. The normalized spacial score (nSPS) is 21.1. The van der Waals surface area contributed by atoms with E-state index in [4.69, 9.17) is 4.74 Å². The number of nitrogens with zero attached hydrogens (tertiary/aromatic N) is 1. The number of benzene rings is 2. The van der Waals surface area contributed by atoms with E-state index in [2.05, 4.69) is 5.32 Å². The van der Waals surface area contributed by atoms with Gasteiger partial charge in [-0.2, -0.15) is 0 Å². The fourth-order valence-electron chi connectivity index (χ4n) is 3.89. The SMILES string of the molecule is O=C(NC1CCN(C(=O)c2cccc3ccccc23)CC1)C1CCCO1. The molecule has 0 saturated carbocycles. The number of nitrogens with one attached hydrogen (secondary N) is 1. The molecule has 2 aliphatic heterocycles. The molecule has 0 aromatic heterocycles. The summed E-state index contributed by atoms with van der Waals surface area (Å²) < 4.78 is 5.44. The quantitative estimate of drug-likeness (QED) is 0.924. The second-order valence-corrected chi connectivity index (χ2v) is 7.10. The molecule has 2 aliphatic rings. The molecule has 2 aromatic rings. The standard InChI is InChI=1S/C21H24N2O3/c24-20(19-9-4-14-26-19)22-16-10-12-23(13-11-16)21(25)18-8-3-6-15-5-1-2-7-17(15)18/h1-3,5-8,16,19H,4,9-14H2,(H,22,24). The molecular formula is C21H24N2O3. The van der Waals surface area contributed by atoms with Crippen molar-refractivity contribution in [3.05, 3.63) is 48.0 Å². The molecule has 136 valence electrons. The number of hydrogen-bond donors (Lipinski definition) is 1. The van der Waals surface area contributed by atoms with E-state index in [0.717, 1.165) is 42.0 Å². The molecule has 5 nitrogen and oxygen atoms in total. The molecule has 1 N–H and O–H groups in total. The van der Waals surface area contributed by atoms with Crippen LogP contribution in [-0.2, 0) is 9.53 Å². The Balaban J connectivity index is 1.38. The molecule has 1 unspecified atom stereocenters. The van der Waals surface area contributed by atoms with E-state index in [1.165, 1.54) is 0 Å². The summed E-state index contributed by atoms with van der Waals surface area (Å²) in [5.41, 5.74) is 0.755. The van der Waals surface area contributed by atoms with Gasteiger partial charge in [-0.05, 0) is 42.5 Å².